The number of nitrogens with zero attached hydrogens (tertiary/aromatic N) is 2. The molecule has 2 aromatic carbocycles. The molecular formula is C16H13Cl2FN2. The van der Waals surface area contributed by atoms with Gasteiger partial charge in [-0.25, -0.2) is 9.37 Å². The van der Waals surface area contributed by atoms with Crippen molar-refractivity contribution in [2.75, 3.05) is 0 Å². The molecule has 3 rings (SSSR count). The van der Waals surface area contributed by atoms with Crippen LogP contribution in [0, 0.1) is 5.82 Å². The standard InChI is InChI=1S/C16H13Cl2FN2/c1-10(12-4-2-3-5-13(12)18)21-15-7-6-11(19)8-14(15)20-16(21)9-17/h2-8,10H,9H2,1H3. The van der Waals surface area contributed by atoms with Crippen molar-refractivity contribution in [1.29, 1.82) is 0 Å². The molecule has 21 heavy (non-hydrogen) atoms. The maximum atomic E-state index is 13.4. The minimum Gasteiger partial charge on any atom is -0.320 e. The van der Waals surface area contributed by atoms with E-state index in [-0.39, 0.29) is 17.7 Å². The van der Waals surface area contributed by atoms with Gasteiger partial charge in [-0.15, -0.1) is 11.6 Å². The van der Waals surface area contributed by atoms with Crippen LogP contribution in [0.1, 0.15) is 24.4 Å². The highest BCUT2D eigenvalue weighted by Crippen LogP contribution is 2.30. The highest BCUT2D eigenvalue weighted by atomic mass is 35.5. The summed E-state index contributed by atoms with van der Waals surface area (Å²) in [7, 11) is 0. The van der Waals surface area contributed by atoms with Crippen LogP contribution < -0.4 is 0 Å². The summed E-state index contributed by atoms with van der Waals surface area (Å²) in [5.74, 6) is 0.647. The van der Waals surface area contributed by atoms with Gasteiger partial charge < -0.3 is 4.57 Å². The number of imidazole rings is 1. The van der Waals surface area contributed by atoms with E-state index in [0.29, 0.717) is 16.4 Å². The molecule has 0 radical (unpaired) electrons. The summed E-state index contributed by atoms with van der Waals surface area (Å²) in [5.41, 5.74) is 2.43. The van der Waals surface area contributed by atoms with Crippen LogP contribution in [0.15, 0.2) is 42.5 Å². The predicted octanol–water partition coefficient (Wildman–Crippen LogP) is 5.18. The second kappa shape index (κ2) is 5.66. The predicted molar refractivity (Wildman–Crippen MR) is 84.5 cm³/mol. The third-order valence-corrected chi connectivity index (χ3v) is 4.17. The molecule has 2 nitrogen and oxygen atoms in total. The second-order valence-electron chi connectivity index (χ2n) is 4.86. The van der Waals surface area contributed by atoms with Crippen LogP contribution >= 0.6 is 23.2 Å². The Morgan fingerprint density at radius 2 is 2.00 bits per heavy atom. The number of hydrogen-bond acceptors (Lipinski definition) is 1. The quantitative estimate of drug-likeness (QED) is 0.608. The molecule has 0 aliphatic carbocycles. The van der Waals surface area contributed by atoms with Crippen LogP contribution in [0.2, 0.25) is 5.02 Å². The highest BCUT2D eigenvalue weighted by molar-refractivity contribution is 6.31. The first-order chi connectivity index (χ1) is 10.1. The van der Waals surface area contributed by atoms with Crippen molar-refractivity contribution < 1.29 is 4.39 Å². The molecule has 0 spiro atoms. The van der Waals surface area contributed by atoms with Gasteiger partial charge in [-0.05, 0) is 30.7 Å². The normalized spacial score (nSPS) is 12.8. The van der Waals surface area contributed by atoms with Gasteiger partial charge in [0.05, 0.1) is 23.0 Å². The molecule has 0 amide bonds. The second-order valence-corrected chi connectivity index (χ2v) is 5.54. The molecule has 0 saturated carbocycles. The first-order valence-electron chi connectivity index (χ1n) is 6.58. The van der Waals surface area contributed by atoms with Gasteiger partial charge in [0.15, 0.2) is 0 Å². The SMILES string of the molecule is CC(c1ccccc1Cl)n1c(CCl)nc2cc(F)ccc21. The van der Waals surface area contributed by atoms with E-state index >= 15 is 0 Å². The fraction of sp³-hybridized carbons (Fsp3) is 0.188. The Kier molecular flexibility index (Phi) is 3.87. The molecule has 0 N–H and O–H groups in total. The monoisotopic (exact) mass is 322 g/mol. The number of hydrogen-bond donors (Lipinski definition) is 0. The molecule has 108 valence electrons. The Hall–Kier alpha value is -1.58. The number of fused-ring (bicyclic) bond motifs is 1. The Bertz CT molecular complexity index is 798. The molecule has 0 aliphatic rings. The first kappa shape index (κ1) is 14.4. The molecule has 1 heterocycles. The van der Waals surface area contributed by atoms with Crippen molar-refractivity contribution in [3.8, 4) is 0 Å². The first-order valence-corrected chi connectivity index (χ1v) is 7.50. The van der Waals surface area contributed by atoms with Crippen LogP contribution in [0.25, 0.3) is 11.0 Å². The van der Waals surface area contributed by atoms with E-state index in [1.54, 1.807) is 6.07 Å². The van der Waals surface area contributed by atoms with E-state index in [2.05, 4.69) is 4.98 Å². The van der Waals surface area contributed by atoms with E-state index in [1.165, 1.54) is 12.1 Å². The summed E-state index contributed by atoms with van der Waals surface area (Å²) in [5, 5.41) is 0.689. The average Bonchev–Trinajstić information content (AvgIpc) is 2.84. The van der Waals surface area contributed by atoms with Gasteiger partial charge in [-0.3, -0.25) is 0 Å². The minimum atomic E-state index is -0.307. The fourth-order valence-electron chi connectivity index (χ4n) is 2.60. The zero-order chi connectivity index (χ0) is 15.0. The van der Waals surface area contributed by atoms with Crippen molar-refractivity contribution in [3.63, 3.8) is 0 Å². The lowest BCUT2D eigenvalue weighted by atomic mass is 10.1. The van der Waals surface area contributed by atoms with Crippen molar-refractivity contribution in [1.82, 2.24) is 9.55 Å². The molecule has 1 aromatic heterocycles. The summed E-state index contributed by atoms with van der Waals surface area (Å²) in [4.78, 5) is 4.42. The zero-order valence-electron chi connectivity index (χ0n) is 11.4. The zero-order valence-corrected chi connectivity index (χ0v) is 12.9. The highest BCUT2D eigenvalue weighted by Gasteiger charge is 2.18. The lowest BCUT2D eigenvalue weighted by Gasteiger charge is -2.18. The van der Waals surface area contributed by atoms with Crippen LogP contribution in [0.5, 0.6) is 0 Å². The number of aromatic nitrogens is 2. The van der Waals surface area contributed by atoms with Crippen LogP contribution in [-0.2, 0) is 5.88 Å². The Morgan fingerprint density at radius 3 is 2.71 bits per heavy atom. The summed E-state index contributed by atoms with van der Waals surface area (Å²) >= 11 is 12.3. The summed E-state index contributed by atoms with van der Waals surface area (Å²) in [6.45, 7) is 2.03. The summed E-state index contributed by atoms with van der Waals surface area (Å²) in [6.07, 6.45) is 0. The maximum Gasteiger partial charge on any atom is 0.125 e. The molecule has 1 unspecified atom stereocenters. The van der Waals surface area contributed by atoms with E-state index in [9.17, 15) is 4.39 Å². The Morgan fingerprint density at radius 1 is 1.24 bits per heavy atom. The van der Waals surface area contributed by atoms with Crippen molar-refractivity contribution >= 4 is 34.2 Å². The third-order valence-electron chi connectivity index (χ3n) is 3.59. The van der Waals surface area contributed by atoms with E-state index in [1.807, 2.05) is 35.8 Å². The van der Waals surface area contributed by atoms with Crippen LogP contribution in [-0.4, -0.2) is 9.55 Å². The van der Waals surface area contributed by atoms with Gasteiger partial charge >= 0.3 is 0 Å². The number of alkyl halides is 1. The van der Waals surface area contributed by atoms with Gasteiger partial charge in [0, 0.05) is 11.1 Å². The summed E-state index contributed by atoms with van der Waals surface area (Å²) in [6, 6.07) is 12.2. The molecule has 0 saturated heterocycles. The molecule has 3 aromatic rings. The van der Waals surface area contributed by atoms with Gasteiger partial charge in [0.2, 0.25) is 0 Å². The smallest absolute Gasteiger partial charge is 0.125 e. The number of halogens is 3. The molecule has 0 fully saturated rings. The minimum absolute atomic E-state index is 0.0390. The Labute approximate surface area is 132 Å². The van der Waals surface area contributed by atoms with Crippen molar-refractivity contribution in [2.24, 2.45) is 0 Å². The van der Waals surface area contributed by atoms with Crippen molar-refractivity contribution in [3.05, 3.63) is 64.7 Å². The van der Waals surface area contributed by atoms with Crippen LogP contribution in [0.4, 0.5) is 4.39 Å². The third kappa shape index (κ3) is 2.52. The average molecular weight is 323 g/mol. The van der Waals surface area contributed by atoms with E-state index in [4.69, 9.17) is 23.2 Å². The lowest BCUT2D eigenvalue weighted by molar-refractivity contribution is 0.626. The van der Waals surface area contributed by atoms with Gasteiger partial charge in [-0.2, -0.15) is 0 Å². The molecule has 5 heteroatoms. The fourth-order valence-corrected chi connectivity index (χ4v) is 3.08. The lowest BCUT2D eigenvalue weighted by Crippen LogP contribution is -2.10. The molecule has 0 aliphatic heterocycles. The van der Waals surface area contributed by atoms with E-state index in [0.717, 1.165) is 11.1 Å². The topological polar surface area (TPSA) is 17.8 Å². The van der Waals surface area contributed by atoms with Gasteiger partial charge in [-0.1, -0.05) is 29.8 Å². The Balaban J connectivity index is 2.21. The number of benzene rings is 2. The molecule has 0 bridgehead atoms. The molecule has 1 atom stereocenters. The van der Waals surface area contributed by atoms with E-state index < -0.39 is 0 Å². The van der Waals surface area contributed by atoms with Gasteiger partial charge in [0.1, 0.15) is 11.6 Å². The van der Waals surface area contributed by atoms with Crippen molar-refractivity contribution in [2.45, 2.75) is 18.8 Å². The maximum absolute atomic E-state index is 13.4. The van der Waals surface area contributed by atoms with Crippen LogP contribution in [0.3, 0.4) is 0 Å². The largest absolute Gasteiger partial charge is 0.320 e. The molecular weight excluding hydrogens is 310 g/mol. The summed E-state index contributed by atoms with van der Waals surface area (Å²) < 4.78 is 15.4. The van der Waals surface area contributed by atoms with Gasteiger partial charge in [0.25, 0.3) is 0 Å². The number of rotatable bonds is 3.